The molecule has 0 fully saturated rings. The van der Waals surface area contributed by atoms with E-state index in [0.29, 0.717) is 0 Å². The maximum Gasteiger partial charge on any atom is 0.0366 e. The summed E-state index contributed by atoms with van der Waals surface area (Å²) in [4.78, 5) is 4.75. The molecule has 202 valence electrons. The summed E-state index contributed by atoms with van der Waals surface area (Å²) in [5.74, 6) is 0. The molecule has 0 atom stereocenters. The Morgan fingerprint density at radius 3 is 0.975 bits per heavy atom. The van der Waals surface area contributed by atoms with Gasteiger partial charge < -0.3 is 9.80 Å². The maximum absolute atomic E-state index is 2.38. The first-order valence-electron chi connectivity index (χ1n) is 14.7. The monoisotopic (exact) mass is 524 g/mol. The lowest BCUT2D eigenvalue weighted by atomic mass is 9.91. The number of nitrogens with zero attached hydrogens (tertiary/aromatic N) is 2. The summed E-state index contributed by atoms with van der Waals surface area (Å²) in [6, 6.07) is 35.4. The van der Waals surface area contributed by atoms with Crippen LogP contribution in [-0.2, 0) is 0 Å². The predicted molar refractivity (Wildman–Crippen MR) is 179 cm³/mol. The lowest BCUT2D eigenvalue weighted by Crippen LogP contribution is -2.21. The highest BCUT2D eigenvalue weighted by atomic mass is 15.1. The molecular formula is C38H40N2. The molecule has 0 saturated carbocycles. The number of hydrogen-bond donors (Lipinski definition) is 0. The standard InChI is InChI=1S/C38H40N2/c1-5-39(6-2)31-23-17-29(18-24-31)21-27-37-33-13-9-11-15-35(33)38(36-16-12-10-14-34(36)37)28-22-30-19-25-32(26-20-30)40(7-3)8-4/h9-28H,5-8H2,1-4H3/b27-21+,28-22+. The molecule has 0 N–H and O–H groups in total. The van der Waals surface area contributed by atoms with Crippen LogP contribution in [0, 0.1) is 0 Å². The number of hydrogen-bond acceptors (Lipinski definition) is 2. The van der Waals surface area contributed by atoms with Crippen LogP contribution in [0.4, 0.5) is 11.4 Å². The predicted octanol–water partition coefficient (Wildman–Crippen LogP) is 10.0. The van der Waals surface area contributed by atoms with Crippen LogP contribution in [0.3, 0.4) is 0 Å². The number of anilines is 2. The normalized spacial score (nSPS) is 11.7. The molecule has 40 heavy (non-hydrogen) atoms. The molecule has 0 radical (unpaired) electrons. The Hall–Kier alpha value is -4.30. The van der Waals surface area contributed by atoms with E-state index in [1.54, 1.807) is 0 Å². The zero-order valence-electron chi connectivity index (χ0n) is 24.3. The Balaban J connectivity index is 1.54. The largest absolute Gasteiger partial charge is 0.372 e. The molecule has 5 aromatic carbocycles. The van der Waals surface area contributed by atoms with Crippen molar-refractivity contribution in [1.82, 2.24) is 0 Å². The molecule has 5 rings (SSSR count). The molecule has 2 nitrogen and oxygen atoms in total. The van der Waals surface area contributed by atoms with Crippen molar-refractivity contribution >= 4 is 57.2 Å². The molecule has 0 heterocycles. The lowest BCUT2D eigenvalue weighted by molar-refractivity contribution is 0.866. The first kappa shape index (κ1) is 27.3. The first-order valence-corrected chi connectivity index (χ1v) is 14.7. The molecule has 0 aliphatic heterocycles. The van der Waals surface area contributed by atoms with Crippen molar-refractivity contribution in [2.45, 2.75) is 27.7 Å². The van der Waals surface area contributed by atoms with Gasteiger partial charge in [-0.1, -0.05) is 97.1 Å². The molecule has 5 aromatic rings. The summed E-state index contributed by atoms with van der Waals surface area (Å²) < 4.78 is 0. The van der Waals surface area contributed by atoms with E-state index < -0.39 is 0 Å². The van der Waals surface area contributed by atoms with Crippen molar-refractivity contribution in [1.29, 1.82) is 0 Å². The van der Waals surface area contributed by atoms with Crippen molar-refractivity contribution in [3.05, 3.63) is 119 Å². The van der Waals surface area contributed by atoms with Gasteiger partial charge in [-0.2, -0.15) is 0 Å². The smallest absolute Gasteiger partial charge is 0.0366 e. The maximum atomic E-state index is 2.38. The number of fused-ring (bicyclic) bond motifs is 2. The van der Waals surface area contributed by atoms with Crippen molar-refractivity contribution < 1.29 is 0 Å². The highest BCUT2D eigenvalue weighted by Gasteiger charge is 2.11. The van der Waals surface area contributed by atoms with Crippen LogP contribution in [0.15, 0.2) is 97.1 Å². The fourth-order valence-electron chi connectivity index (χ4n) is 5.68. The van der Waals surface area contributed by atoms with E-state index in [4.69, 9.17) is 0 Å². The van der Waals surface area contributed by atoms with E-state index in [-0.39, 0.29) is 0 Å². The third kappa shape index (κ3) is 5.67. The second kappa shape index (κ2) is 12.7. The van der Waals surface area contributed by atoms with Gasteiger partial charge in [0.05, 0.1) is 0 Å². The van der Waals surface area contributed by atoms with E-state index in [2.05, 4.69) is 159 Å². The molecule has 0 aromatic heterocycles. The zero-order chi connectivity index (χ0) is 27.9. The Labute approximate surface area is 239 Å². The van der Waals surface area contributed by atoms with Gasteiger partial charge >= 0.3 is 0 Å². The van der Waals surface area contributed by atoms with Crippen LogP contribution >= 0.6 is 0 Å². The summed E-state index contributed by atoms with van der Waals surface area (Å²) >= 11 is 0. The van der Waals surface area contributed by atoms with E-state index in [9.17, 15) is 0 Å². The Morgan fingerprint density at radius 2 is 0.700 bits per heavy atom. The molecule has 0 aliphatic carbocycles. The van der Waals surface area contributed by atoms with Crippen LogP contribution in [0.25, 0.3) is 45.8 Å². The Kier molecular flexibility index (Phi) is 8.66. The van der Waals surface area contributed by atoms with Crippen molar-refractivity contribution in [3.8, 4) is 0 Å². The third-order valence-electron chi connectivity index (χ3n) is 7.94. The molecule has 0 saturated heterocycles. The Morgan fingerprint density at radius 1 is 0.400 bits per heavy atom. The third-order valence-corrected chi connectivity index (χ3v) is 7.94. The van der Waals surface area contributed by atoms with Gasteiger partial charge in [0.25, 0.3) is 0 Å². The van der Waals surface area contributed by atoms with Gasteiger partial charge in [0.15, 0.2) is 0 Å². The highest BCUT2D eigenvalue weighted by Crippen LogP contribution is 2.35. The molecule has 0 bridgehead atoms. The molecular weight excluding hydrogens is 484 g/mol. The SMILES string of the molecule is CCN(CC)c1ccc(/C=C/c2c3ccccc3c(/C=C/c3ccc(N(CC)CC)cc3)c3ccccc23)cc1. The zero-order valence-corrected chi connectivity index (χ0v) is 24.3. The molecule has 2 heteroatoms. The number of benzene rings is 5. The lowest BCUT2D eigenvalue weighted by Gasteiger charge is -2.20. The minimum absolute atomic E-state index is 1.02. The molecule has 0 aliphatic rings. The van der Waals surface area contributed by atoms with E-state index in [0.717, 1.165) is 26.2 Å². The van der Waals surface area contributed by atoms with Crippen LogP contribution in [0.5, 0.6) is 0 Å². The van der Waals surface area contributed by atoms with Crippen molar-refractivity contribution in [3.63, 3.8) is 0 Å². The van der Waals surface area contributed by atoms with Gasteiger partial charge in [0, 0.05) is 37.6 Å². The van der Waals surface area contributed by atoms with E-state index in [1.165, 1.54) is 55.2 Å². The van der Waals surface area contributed by atoms with Gasteiger partial charge in [-0.05, 0) is 95.8 Å². The summed E-state index contributed by atoms with van der Waals surface area (Å²) in [6.07, 6.45) is 9.06. The van der Waals surface area contributed by atoms with Gasteiger partial charge in [0.2, 0.25) is 0 Å². The second-order valence-electron chi connectivity index (χ2n) is 10.1. The van der Waals surface area contributed by atoms with Gasteiger partial charge in [0.1, 0.15) is 0 Å². The van der Waals surface area contributed by atoms with Gasteiger partial charge in [-0.15, -0.1) is 0 Å². The van der Waals surface area contributed by atoms with Gasteiger partial charge in [-0.3, -0.25) is 0 Å². The highest BCUT2D eigenvalue weighted by molar-refractivity contribution is 6.14. The average molecular weight is 525 g/mol. The minimum Gasteiger partial charge on any atom is -0.372 e. The fraction of sp³-hybridized carbons (Fsp3) is 0.211. The van der Waals surface area contributed by atoms with Crippen LogP contribution in [-0.4, -0.2) is 26.2 Å². The van der Waals surface area contributed by atoms with Crippen molar-refractivity contribution in [2.24, 2.45) is 0 Å². The summed E-state index contributed by atoms with van der Waals surface area (Å²) in [5.41, 5.74) is 7.50. The quantitative estimate of drug-likeness (QED) is 0.132. The first-order chi connectivity index (χ1) is 19.7. The van der Waals surface area contributed by atoms with E-state index >= 15 is 0 Å². The Bertz CT molecular complexity index is 1440. The van der Waals surface area contributed by atoms with Gasteiger partial charge in [-0.25, -0.2) is 0 Å². The topological polar surface area (TPSA) is 6.48 Å². The van der Waals surface area contributed by atoms with Crippen molar-refractivity contribution in [2.75, 3.05) is 36.0 Å². The summed E-state index contributed by atoms with van der Waals surface area (Å²) in [5, 5.41) is 5.09. The summed E-state index contributed by atoms with van der Waals surface area (Å²) in [6.45, 7) is 12.9. The minimum atomic E-state index is 1.02. The van der Waals surface area contributed by atoms with Crippen LogP contribution in [0.2, 0.25) is 0 Å². The average Bonchev–Trinajstić information content (AvgIpc) is 3.01. The molecule has 0 amide bonds. The number of rotatable bonds is 10. The van der Waals surface area contributed by atoms with Crippen LogP contribution < -0.4 is 9.80 Å². The molecule has 0 unspecified atom stereocenters. The van der Waals surface area contributed by atoms with Crippen LogP contribution in [0.1, 0.15) is 49.9 Å². The van der Waals surface area contributed by atoms with E-state index in [1.807, 2.05) is 0 Å². The second-order valence-corrected chi connectivity index (χ2v) is 10.1. The fourth-order valence-corrected chi connectivity index (χ4v) is 5.68. The summed E-state index contributed by atoms with van der Waals surface area (Å²) in [7, 11) is 0. The molecule has 0 spiro atoms.